The van der Waals surface area contributed by atoms with E-state index in [1.54, 1.807) is 28.8 Å². The van der Waals surface area contributed by atoms with Crippen molar-refractivity contribution in [3.63, 3.8) is 0 Å². The number of thioether (sulfide) groups is 1. The van der Waals surface area contributed by atoms with E-state index < -0.39 is 0 Å². The molecule has 0 aliphatic rings. The molecule has 0 aliphatic heterocycles. The lowest BCUT2D eigenvalue weighted by Crippen LogP contribution is -2.24. The topological polar surface area (TPSA) is 61.2 Å². The summed E-state index contributed by atoms with van der Waals surface area (Å²) in [5.74, 6) is 0.175. The fourth-order valence-corrected chi connectivity index (χ4v) is 5.05. The van der Waals surface area contributed by atoms with E-state index in [0.717, 1.165) is 15.3 Å². The van der Waals surface area contributed by atoms with E-state index in [4.69, 9.17) is 21.3 Å². The molecule has 154 valence electrons. The SMILES string of the molecule is CCOCCCn1c(SCC(=O)c2ccc(Cl)cc2)nc2sc(C)c(C)c2c1=O. The van der Waals surface area contributed by atoms with Crippen molar-refractivity contribution in [3.05, 3.63) is 55.6 Å². The smallest absolute Gasteiger partial charge is 0.263 e. The minimum Gasteiger partial charge on any atom is -0.382 e. The first-order valence-corrected chi connectivity index (χ1v) is 11.6. The minimum absolute atomic E-state index is 0.0274. The average Bonchev–Trinajstić information content (AvgIpc) is 2.99. The molecule has 0 fully saturated rings. The normalized spacial score (nSPS) is 11.3. The number of hydrogen-bond donors (Lipinski definition) is 0. The quantitative estimate of drug-likeness (QED) is 0.196. The number of aryl methyl sites for hydroxylation is 2. The predicted molar refractivity (Wildman–Crippen MR) is 121 cm³/mol. The standard InChI is InChI=1S/C21H23ClN2O3S2/c1-4-27-11-5-10-24-20(26)18-13(2)14(3)29-19(18)23-21(24)28-12-17(25)15-6-8-16(22)9-7-15/h6-9H,4-5,10-12H2,1-3H3. The summed E-state index contributed by atoms with van der Waals surface area (Å²) in [5, 5.41) is 1.84. The van der Waals surface area contributed by atoms with Crippen molar-refractivity contribution in [2.75, 3.05) is 19.0 Å². The maximum absolute atomic E-state index is 13.2. The van der Waals surface area contributed by atoms with Gasteiger partial charge in [0, 0.05) is 35.2 Å². The zero-order valence-corrected chi connectivity index (χ0v) is 19.0. The summed E-state index contributed by atoms with van der Waals surface area (Å²) < 4.78 is 7.09. The molecule has 3 rings (SSSR count). The van der Waals surface area contributed by atoms with Crippen LogP contribution in [0.1, 0.15) is 34.1 Å². The Morgan fingerprint density at radius 2 is 2.00 bits per heavy atom. The number of ether oxygens (including phenoxy) is 1. The number of hydrogen-bond acceptors (Lipinski definition) is 6. The van der Waals surface area contributed by atoms with E-state index in [1.165, 1.54) is 23.1 Å². The van der Waals surface area contributed by atoms with Crippen molar-refractivity contribution in [3.8, 4) is 0 Å². The molecule has 0 saturated heterocycles. The molecule has 0 radical (unpaired) electrons. The van der Waals surface area contributed by atoms with Crippen molar-refractivity contribution in [1.29, 1.82) is 0 Å². The maximum Gasteiger partial charge on any atom is 0.263 e. The molecule has 2 aromatic heterocycles. The Hall–Kier alpha value is -1.67. The Morgan fingerprint density at radius 3 is 2.69 bits per heavy atom. The maximum atomic E-state index is 13.2. The van der Waals surface area contributed by atoms with Crippen LogP contribution in [0.2, 0.25) is 5.02 Å². The highest BCUT2D eigenvalue weighted by molar-refractivity contribution is 7.99. The minimum atomic E-state index is -0.0465. The lowest BCUT2D eigenvalue weighted by Gasteiger charge is -2.12. The average molecular weight is 451 g/mol. The molecule has 0 N–H and O–H groups in total. The molecule has 0 atom stereocenters. The predicted octanol–water partition coefficient (Wildman–Crippen LogP) is 5.13. The van der Waals surface area contributed by atoms with Gasteiger partial charge in [0.05, 0.1) is 11.1 Å². The summed E-state index contributed by atoms with van der Waals surface area (Å²) in [6, 6.07) is 6.82. The molecule has 2 heterocycles. The lowest BCUT2D eigenvalue weighted by molar-refractivity contribution is 0.102. The van der Waals surface area contributed by atoms with Crippen LogP contribution >= 0.6 is 34.7 Å². The lowest BCUT2D eigenvalue weighted by atomic mass is 10.1. The highest BCUT2D eigenvalue weighted by atomic mass is 35.5. The number of carbonyl (C=O) groups excluding carboxylic acids is 1. The first-order chi connectivity index (χ1) is 13.9. The monoisotopic (exact) mass is 450 g/mol. The van der Waals surface area contributed by atoms with Gasteiger partial charge in [-0.3, -0.25) is 14.2 Å². The van der Waals surface area contributed by atoms with E-state index in [-0.39, 0.29) is 17.1 Å². The van der Waals surface area contributed by atoms with Crippen LogP contribution in [-0.2, 0) is 11.3 Å². The molecular formula is C21H23ClN2O3S2. The van der Waals surface area contributed by atoms with Gasteiger partial charge in [-0.05, 0) is 57.0 Å². The van der Waals surface area contributed by atoms with Crippen molar-refractivity contribution < 1.29 is 9.53 Å². The van der Waals surface area contributed by atoms with Crippen molar-refractivity contribution in [1.82, 2.24) is 9.55 Å². The number of rotatable bonds is 9. The van der Waals surface area contributed by atoms with Crippen molar-refractivity contribution in [2.24, 2.45) is 0 Å². The molecule has 5 nitrogen and oxygen atoms in total. The number of Topliss-reactive ketones (excluding diaryl/α,β-unsaturated/α-hetero) is 1. The summed E-state index contributed by atoms with van der Waals surface area (Å²) in [5.41, 5.74) is 1.53. The van der Waals surface area contributed by atoms with Gasteiger partial charge in [0.2, 0.25) is 0 Å². The third kappa shape index (κ3) is 5.09. The second kappa shape index (κ2) is 9.89. The Labute approximate surface area is 183 Å². The van der Waals surface area contributed by atoms with E-state index in [9.17, 15) is 9.59 Å². The Bertz CT molecular complexity index is 1070. The number of benzene rings is 1. The van der Waals surface area contributed by atoms with Gasteiger partial charge < -0.3 is 4.74 Å². The molecule has 8 heteroatoms. The van der Waals surface area contributed by atoms with Gasteiger partial charge in [-0.1, -0.05) is 23.4 Å². The molecule has 0 aliphatic carbocycles. The van der Waals surface area contributed by atoms with E-state index >= 15 is 0 Å². The van der Waals surface area contributed by atoms with Gasteiger partial charge in [-0.15, -0.1) is 11.3 Å². The van der Waals surface area contributed by atoms with Gasteiger partial charge in [0.1, 0.15) is 4.83 Å². The zero-order chi connectivity index (χ0) is 21.0. The van der Waals surface area contributed by atoms with Crippen LogP contribution in [0.15, 0.2) is 34.2 Å². The number of aromatic nitrogens is 2. The van der Waals surface area contributed by atoms with E-state index in [1.807, 2.05) is 20.8 Å². The van der Waals surface area contributed by atoms with Gasteiger partial charge in [0.25, 0.3) is 5.56 Å². The zero-order valence-electron chi connectivity index (χ0n) is 16.7. The Kier molecular flexibility index (Phi) is 7.51. The molecule has 29 heavy (non-hydrogen) atoms. The number of carbonyl (C=O) groups is 1. The number of ketones is 1. The van der Waals surface area contributed by atoms with Gasteiger partial charge in [-0.25, -0.2) is 4.98 Å². The third-order valence-electron chi connectivity index (χ3n) is 4.63. The summed E-state index contributed by atoms with van der Waals surface area (Å²) in [4.78, 5) is 32.3. The fourth-order valence-electron chi connectivity index (χ4n) is 2.93. The first-order valence-electron chi connectivity index (χ1n) is 9.42. The van der Waals surface area contributed by atoms with Crippen LogP contribution in [-0.4, -0.2) is 34.3 Å². The summed E-state index contributed by atoms with van der Waals surface area (Å²) in [7, 11) is 0. The van der Waals surface area contributed by atoms with Crippen LogP contribution in [0.3, 0.4) is 0 Å². The Balaban J connectivity index is 1.88. The largest absolute Gasteiger partial charge is 0.382 e. The number of nitrogens with zero attached hydrogens (tertiary/aromatic N) is 2. The van der Waals surface area contributed by atoms with Gasteiger partial charge in [0.15, 0.2) is 10.9 Å². The van der Waals surface area contributed by atoms with Crippen LogP contribution < -0.4 is 5.56 Å². The second-order valence-electron chi connectivity index (χ2n) is 6.58. The third-order valence-corrected chi connectivity index (χ3v) is 6.96. The van der Waals surface area contributed by atoms with E-state index in [2.05, 4.69) is 0 Å². The first kappa shape index (κ1) is 22.0. The number of thiophene rings is 1. The number of halogens is 1. The molecule has 0 amide bonds. The molecule has 0 spiro atoms. The van der Waals surface area contributed by atoms with Crippen LogP contribution in [0.5, 0.6) is 0 Å². The van der Waals surface area contributed by atoms with Crippen molar-refractivity contribution in [2.45, 2.75) is 38.9 Å². The van der Waals surface area contributed by atoms with Crippen LogP contribution in [0, 0.1) is 13.8 Å². The molecular weight excluding hydrogens is 428 g/mol. The van der Waals surface area contributed by atoms with Crippen LogP contribution in [0.4, 0.5) is 0 Å². The fraction of sp³-hybridized carbons (Fsp3) is 0.381. The highest BCUT2D eigenvalue weighted by Crippen LogP contribution is 2.28. The summed E-state index contributed by atoms with van der Waals surface area (Å²) in [6.07, 6.45) is 0.710. The second-order valence-corrected chi connectivity index (χ2v) is 9.17. The molecule has 3 aromatic rings. The molecule has 0 saturated carbocycles. The van der Waals surface area contributed by atoms with E-state index in [0.29, 0.717) is 47.3 Å². The molecule has 0 bridgehead atoms. The molecule has 1 aromatic carbocycles. The van der Waals surface area contributed by atoms with Crippen molar-refractivity contribution >= 4 is 50.7 Å². The van der Waals surface area contributed by atoms with Gasteiger partial charge >= 0.3 is 0 Å². The van der Waals surface area contributed by atoms with Gasteiger partial charge in [-0.2, -0.15) is 0 Å². The summed E-state index contributed by atoms with van der Waals surface area (Å²) in [6.45, 7) is 7.63. The van der Waals surface area contributed by atoms with Crippen LogP contribution in [0.25, 0.3) is 10.2 Å². The summed E-state index contributed by atoms with van der Waals surface area (Å²) >= 11 is 8.71. The Morgan fingerprint density at radius 1 is 1.28 bits per heavy atom. The number of fused-ring (bicyclic) bond motifs is 1. The highest BCUT2D eigenvalue weighted by Gasteiger charge is 2.18. The molecule has 0 unspecified atom stereocenters.